The van der Waals surface area contributed by atoms with Crippen molar-refractivity contribution in [2.24, 2.45) is 11.7 Å². The second kappa shape index (κ2) is 7.13. The Morgan fingerprint density at radius 3 is 2.65 bits per heavy atom. The molecule has 0 aromatic carbocycles. The van der Waals surface area contributed by atoms with Crippen LogP contribution >= 0.6 is 46.9 Å². The van der Waals surface area contributed by atoms with Crippen molar-refractivity contribution in [3.63, 3.8) is 0 Å². The van der Waals surface area contributed by atoms with Gasteiger partial charge in [-0.05, 0) is 24.8 Å². The van der Waals surface area contributed by atoms with E-state index in [2.05, 4.69) is 0 Å². The number of nitrogens with two attached hydrogens (primary N) is 1. The van der Waals surface area contributed by atoms with Crippen LogP contribution in [0, 0.1) is 5.92 Å². The molecule has 2 N–H and O–H groups in total. The molecule has 2 unspecified atom stereocenters. The standard InChI is InChI=1S/C11H16Cl2N2O2S2.ClH/c1-7-3-2-4-15(8(7)6-14)19(16,17)9-5-10(12)18-11(9)13;/h5,7-8H,2-4,6,14H2,1H3;1H. The predicted octanol–water partition coefficient (Wildman–Crippen LogP) is 3.22. The average molecular weight is 380 g/mol. The molecule has 0 amide bonds. The zero-order valence-electron chi connectivity index (χ0n) is 10.9. The maximum atomic E-state index is 12.7. The molecule has 0 radical (unpaired) electrons. The Bertz CT molecular complexity index is 562. The molecule has 0 aliphatic carbocycles. The maximum absolute atomic E-state index is 12.7. The van der Waals surface area contributed by atoms with E-state index in [9.17, 15) is 8.42 Å². The van der Waals surface area contributed by atoms with Crippen molar-refractivity contribution < 1.29 is 8.42 Å². The molecule has 0 bridgehead atoms. The van der Waals surface area contributed by atoms with Gasteiger partial charge >= 0.3 is 0 Å². The molecule has 20 heavy (non-hydrogen) atoms. The van der Waals surface area contributed by atoms with Crippen LogP contribution in [0.4, 0.5) is 0 Å². The molecular weight excluding hydrogens is 363 g/mol. The molecular formula is C11H17Cl3N2O2S2. The molecule has 116 valence electrons. The van der Waals surface area contributed by atoms with E-state index in [1.807, 2.05) is 6.92 Å². The van der Waals surface area contributed by atoms with Crippen LogP contribution in [-0.4, -0.2) is 31.9 Å². The van der Waals surface area contributed by atoms with Gasteiger partial charge in [-0.15, -0.1) is 23.7 Å². The van der Waals surface area contributed by atoms with E-state index in [0.717, 1.165) is 24.2 Å². The summed E-state index contributed by atoms with van der Waals surface area (Å²) in [5, 5.41) is 0. The van der Waals surface area contributed by atoms with Crippen LogP contribution in [0.1, 0.15) is 19.8 Å². The Kier molecular flexibility index (Phi) is 6.59. The summed E-state index contributed by atoms with van der Waals surface area (Å²) in [6, 6.07) is 1.24. The van der Waals surface area contributed by atoms with Gasteiger partial charge in [0.25, 0.3) is 0 Å². The third kappa shape index (κ3) is 3.43. The van der Waals surface area contributed by atoms with Crippen molar-refractivity contribution in [2.75, 3.05) is 13.1 Å². The Morgan fingerprint density at radius 1 is 1.50 bits per heavy atom. The minimum Gasteiger partial charge on any atom is -0.329 e. The van der Waals surface area contributed by atoms with E-state index in [1.165, 1.54) is 10.4 Å². The highest BCUT2D eigenvalue weighted by molar-refractivity contribution is 7.89. The minimum atomic E-state index is -3.62. The molecule has 2 rings (SSSR count). The Labute approximate surface area is 139 Å². The normalized spacial score (nSPS) is 24.4. The zero-order chi connectivity index (χ0) is 14.2. The van der Waals surface area contributed by atoms with E-state index in [4.69, 9.17) is 28.9 Å². The summed E-state index contributed by atoms with van der Waals surface area (Å²) in [6.07, 6.45) is 1.83. The van der Waals surface area contributed by atoms with E-state index in [1.54, 1.807) is 0 Å². The van der Waals surface area contributed by atoms with Crippen molar-refractivity contribution in [1.29, 1.82) is 0 Å². The minimum absolute atomic E-state index is 0. The third-order valence-corrected chi connectivity index (χ3v) is 7.20. The van der Waals surface area contributed by atoms with Crippen LogP contribution in [0.2, 0.25) is 8.67 Å². The monoisotopic (exact) mass is 378 g/mol. The average Bonchev–Trinajstić information content (AvgIpc) is 2.68. The van der Waals surface area contributed by atoms with Gasteiger partial charge in [-0.2, -0.15) is 4.31 Å². The van der Waals surface area contributed by atoms with Gasteiger partial charge < -0.3 is 5.73 Å². The Hall–Kier alpha value is 0.440. The topological polar surface area (TPSA) is 63.4 Å². The van der Waals surface area contributed by atoms with Crippen molar-refractivity contribution in [2.45, 2.75) is 30.7 Å². The first kappa shape index (κ1) is 18.5. The highest BCUT2D eigenvalue weighted by atomic mass is 35.5. The summed E-state index contributed by atoms with van der Waals surface area (Å²) in [6.45, 7) is 2.83. The molecule has 1 aromatic rings. The van der Waals surface area contributed by atoms with Crippen LogP contribution in [0.3, 0.4) is 0 Å². The van der Waals surface area contributed by atoms with Crippen molar-refractivity contribution in [1.82, 2.24) is 4.31 Å². The summed E-state index contributed by atoms with van der Waals surface area (Å²) in [7, 11) is -3.62. The quantitative estimate of drug-likeness (QED) is 0.877. The number of piperidine rings is 1. The summed E-state index contributed by atoms with van der Waals surface area (Å²) >= 11 is 12.9. The van der Waals surface area contributed by atoms with Gasteiger partial charge in [-0.25, -0.2) is 8.42 Å². The fourth-order valence-corrected chi connectivity index (χ4v) is 6.37. The Morgan fingerprint density at radius 2 is 2.15 bits per heavy atom. The SMILES string of the molecule is CC1CCCN(S(=O)(=O)c2cc(Cl)sc2Cl)C1CN.Cl. The van der Waals surface area contributed by atoms with Crippen LogP contribution < -0.4 is 5.73 Å². The molecule has 1 saturated heterocycles. The fraction of sp³-hybridized carbons (Fsp3) is 0.636. The van der Waals surface area contributed by atoms with Gasteiger partial charge in [-0.3, -0.25) is 0 Å². The predicted molar refractivity (Wildman–Crippen MR) is 86.7 cm³/mol. The lowest BCUT2D eigenvalue weighted by atomic mass is 9.93. The largest absolute Gasteiger partial charge is 0.329 e. The zero-order valence-corrected chi connectivity index (χ0v) is 14.8. The number of rotatable bonds is 3. The lowest BCUT2D eigenvalue weighted by molar-refractivity contribution is 0.192. The molecule has 1 aromatic heterocycles. The van der Waals surface area contributed by atoms with Gasteiger partial charge in [0.15, 0.2) is 0 Å². The molecule has 0 spiro atoms. The summed E-state index contributed by atoms with van der Waals surface area (Å²) in [5.41, 5.74) is 5.74. The molecule has 1 aliphatic heterocycles. The maximum Gasteiger partial charge on any atom is 0.245 e. The van der Waals surface area contributed by atoms with Crippen molar-refractivity contribution in [3.8, 4) is 0 Å². The second-order valence-corrected chi connectivity index (χ2v) is 8.87. The first-order valence-electron chi connectivity index (χ1n) is 6.04. The van der Waals surface area contributed by atoms with Gasteiger partial charge in [0.05, 0.1) is 4.34 Å². The lowest BCUT2D eigenvalue weighted by Gasteiger charge is -2.38. The van der Waals surface area contributed by atoms with Gasteiger partial charge in [-0.1, -0.05) is 30.1 Å². The first-order chi connectivity index (χ1) is 8.87. The molecule has 1 fully saturated rings. The molecule has 0 saturated carbocycles. The number of nitrogens with zero attached hydrogens (tertiary/aromatic N) is 1. The van der Waals surface area contributed by atoms with Gasteiger partial charge in [0.1, 0.15) is 9.23 Å². The van der Waals surface area contributed by atoms with Crippen molar-refractivity contribution >= 4 is 57.0 Å². The summed E-state index contributed by atoms with van der Waals surface area (Å²) in [4.78, 5) is 0.0942. The Balaban J connectivity index is 0.00000200. The van der Waals surface area contributed by atoms with Crippen LogP contribution in [-0.2, 0) is 10.0 Å². The molecule has 4 nitrogen and oxygen atoms in total. The second-order valence-electron chi connectivity index (χ2n) is 4.73. The van der Waals surface area contributed by atoms with Gasteiger partial charge in [0, 0.05) is 19.1 Å². The van der Waals surface area contributed by atoms with Crippen LogP contribution in [0.5, 0.6) is 0 Å². The third-order valence-electron chi connectivity index (χ3n) is 3.52. The highest BCUT2D eigenvalue weighted by Gasteiger charge is 2.37. The number of hydrogen-bond donors (Lipinski definition) is 1. The highest BCUT2D eigenvalue weighted by Crippen LogP contribution is 2.38. The molecule has 2 atom stereocenters. The first-order valence-corrected chi connectivity index (χ1v) is 9.06. The van der Waals surface area contributed by atoms with E-state index in [0.29, 0.717) is 17.4 Å². The van der Waals surface area contributed by atoms with Crippen LogP contribution in [0.25, 0.3) is 0 Å². The number of hydrogen-bond acceptors (Lipinski definition) is 4. The van der Waals surface area contributed by atoms with E-state index < -0.39 is 10.0 Å². The molecule has 1 aliphatic rings. The molecule has 9 heteroatoms. The van der Waals surface area contributed by atoms with E-state index >= 15 is 0 Å². The number of halogens is 3. The smallest absolute Gasteiger partial charge is 0.245 e. The number of sulfonamides is 1. The van der Waals surface area contributed by atoms with E-state index in [-0.39, 0.29) is 33.6 Å². The summed E-state index contributed by atoms with van der Waals surface area (Å²) in [5.74, 6) is 0.251. The van der Waals surface area contributed by atoms with Crippen molar-refractivity contribution in [3.05, 3.63) is 14.7 Å². The number of thiophene rings is 1. The summed E-state index contributed by atoms with van der Waals surface area (Å²) < 4.78 is 27.4. The fourth-order valence-electron chi connectivity index (χ4n) is 2.49. The molecule has 2 heterocycles. The van der Waals surface area contributed by atoms with Crippen LogP contribution in [0.15, 0.2) is 11.0 Å². The van der Waals surface area contributed by atoms with Gasteiger partial charge in [0.2, 0.25) is 10.0 Å². The lowest BCUT2D eigenvalue weighted by Crippen LogP contribution is -2.51.